The fourth-order valence-electron chi connectivity index (χ4n) is 2.35. The molecule has 0 fully saturated rings. The van der Waals surface area contributed by atoms with Crippen molar-refractivity contribution in [1.82, 2.24) is 19.3 Å². The van der Waals surface area contributed by atoms with E-state index in [1.165, 1.54) is 0 Å². The maximum absolute atomic E-state index is 12.0. The molecule has 0 spiro atoms. The lowest BCUT2D eigenvalue weighted by atomic mass is 10.3. The molecule has 0 aliphatic carbocycles. The number of para-hydroxylation sites is 2. The van der Waals surface area contributed by atoms with Crippen molar-refractivity contribution in [2.75, 3.05) is 5.32 Å². The van der Waals surface area contributed by atoms with Crippen molar-refractivity contribution >= 4 is 22.6 Å². The molecule has 1 aromatic carbocycles. The molecule has 0 unspecified atom stereocenters. The van der Waals surface area contributed by atoms with Crippen LogP contribution in [0.3, 0.4) is 0 Å². The Morgan fingerprint density at radius 2 is 2.14 bits per heavy atom. The number of hydrogen-bond acceptors (Lipinski definition) is 3. The van der Waals surface area contributed by atoms with Crippen LogP contribution in [0.5, 0.6) is 0 Å². The highest BCUT2D eigenvalue weighted by atomic mass is 16.1. The Labute approximate surface area is 122 Å². The highest BCUT2D eigenvalue weighted by Crippen LogP contribution is 2.14. The van der Waals surface area contributed by atoms with Crippen molar-refractivity contribution < 1.29 is 4.79 Å². The molecule has 6 heteroatoms. The maximum atomic E-state index is 12.0. The Morgan fingerprint density at radius 1 is 1.33 bits per heavy atom. The zero-order valence-corrected chi connectivity index (χ0v) is 12.1. The summed E-state index contributed by atoms with van der Waals surface area (Å²) in [7, 11) is 1.83. The van der Waals surface area contributed by atoms with E-state index in [-0.39, 0.29) is 5.91 Å². The van der Waals surface area contributed by atoms with E-state index < -0.39 is 0 Å². The molecule has 0 aliphatic rings. The fraction of sp³-hybridized carbons (Fsp3) is 0.267. The third-order valence-corrected chi connectivity index (χ3v) is 3.39. The van der Waals surface area contributed by atoms with Crippen molar-refractivity contribution in [3.63, 3.8) is 0 Å². The highest BCUT2D eigenvalue weighted by Gasteiger charge is 2.09. The van der Waals surface area contributed by atoms with Gasteiger partial charge in [0.15, 0.2) is 0 Å². The lowest BCUT2D eigenvalue weighted by Gasteiger charge is -2.05. The van der Waals surface area contributed by atoms with Gasteiger partial charge in [-0.3, -0.25) is 9.48 Å². The van der Waals surface area contributed by atoms with E-state index in [1.54, 1.807) is 17.2 Å². The molecule has 0 aliphatic heterocycles. The lowest BCUT2D eigenvalue weighted by molar-refractivity contribution is -0.116. The second kappa shape index (κ2) is 5.40. The van der Waals surface area contributed by atoms with Gasteiger partial charge in [-0.05, 0) is 19.1 Å². The molecular weight excluding hydrogens is 266 g/mol. The zero-order chi connectivity index (χ0) is 14.8. The number of aromatic nitrogens is 4. The summed E-state index contributed by atoms with van der Waals surface area (Å²) in [6.45, 7) is 2.48. The minimum atomic E-state index is -0.0242. The second-order valence-electron chi connectivity index (χ2n) is 5.03. The summed E-state index contributed by atoms with van der Waals surface area (Å²) in [6, 6.07) is 7.90. The number of hydrogen-bond donors (Lipinski definition) is 1. The van der Waals surface area contributed by atoms with Crippen LogP contribution in [-0.4, -0.2) is 25.2 Å². The van der Waals surface area contributed by atoms with Crippen molar-refractivity contribution in [1.29, 1.82) is 0 Å². The molecule has 1 amide bonds. The van der Waals surface area contributed by atoms with E-state index in [4.69, 9.17) is 0 Å². The van der Waals surface area contributed by atoms with E-state index in [0.717, 1.165) is 22.4 Å². The molecule has 0 saturated heterocycles. The first-order valence-corrected chi connectivity index (χ1v) is 6.83. The topological polar surface area (TPSA) is 64.7 Å². The maximum Gasteiger partial charge on any atom is 0.226 e. The minimum Gasteiger partial charge on any atom is -0.330 e. The molecule has 0 bridgehead atoms. The number of nitrogens with zero attached hydrogens (tertiary/aromatic N) is 4. The highest BCUT2D eigenvalue weighted by molar-refractivity contribution is 5.91. The van der Waals surface area contributed by atoms with Gasteiger partial charge in [0.05, 0.1) is 28.7 Å². The normalized spacial score (nSPS) is 11.0. The average Bonchev–Trinajstić information content (AvgIpc) is 3.00. The van der Waals surface area contributed by atoms with Gasteiger partial charge in [0.1, 0.15) is 0 Å². The van der Waals surface area contributed by atoms with Crippen molar-refractivity contribution in [2.45, 2.75) is 19.9 Å². The SMILES string of the molecule is Cc1nn(C)cc1NC(=O)CCn1cnc2ccccc21. The third-order valence-electron chi connectivity index (χ3n) is 3.39. The van der Waals surface area contributed by atoms with Crippen LogP contribution in [0.4, 0.5) is 5.69 Å². The van der Waals surface area contributed by atoms with E-state index in [2.05, 4.69) is 15.4 Å². The zero-order valence-electron chi connectivity index (χ0n) is 12.1. The van der Waals surface area contributed by atoms with Crippen LogP contribution in [-0.2, 0) is 18.4 Å². The Hall–Kier alpha value is -2.63. The van der Waals surface area contributed by atoms with Crippen LogP contribution in [0, 0.1) is 6.92 Å². The van der Waals surface area contributed by atoms with Gasteiger partial charge < -0.3 is 9.88 Å². The summed E-state index contributed by atoms with van der Waals surface area (Å²) in [6.07, 6.45) is 3.97. The first-order chi connectivity index (χ1) is 10.1. The summed E-state index contributed by atoms with van der Waals surface area (Å²) in [4.78, 5) is 16.3. The lowest BCUT2D eigenvalue weighted by Crippen LogP contribution is -2.14. The van der Waals surface area contributed by atoms with Crippen LogP contribution in [0.25, 0.3) is 11.0 Å². The second-order valence-corrected chi connectivity index (χ2v) is 5.03. The van der Waals surface area contributed by atoms with Crippen LogP contribution in [0.15, 0.2) is 36.8 Å². The number of carbonyl (C=O) groups excluding carboxylic acids is 1. The Bertz CT molecular complexity index is 786. The monoisotopic (exact) mass is 283 g/mol. The van der Waals surface area contributed by atoms with Crippen LogP contribution in [0.2, 0.25) is 0 Å². The molecule has 0 atom stereocenters. The quantitative estimate of drug-likeness (QED) is 0.797. The van der Waals surface area contributed by atoms with Gasteiger partial charge in [-0.1, -0.05) is 12.1 Å². The molecule has 2 aromatic heterocycles. The largest absolute Gasteiger partial charge is 0.330 e. The van der Waals surface area contributed by atoms with E-state index >= 15 is 0 Å². The average molecular weight is 283 g/mol. The molecule has 2 heterocycles. The minimum absolute atomic E-state index is 0.0242. The number of carbonyl (C=O) groups is 1. The Balaban J connectivity index is 1.65. The van der Waals surface area contributed by atoms with E-state index in [9.17, 15) is 4.79 Å². The van der Waals surface area contributed by atoms with Gasteiger partial charge in [0, 0.05) is 26.2 Å². The number of anilines is 1. The number of rotatable bonds is 4. The first-order valence-electron chi connectivity index (χ1n) is 6.83. The Morgan fingerprint density at radius 3 is 2.90 bits per heavy atom. The van der Waals surface area contributed by atoms with E-state index in [1.807, 2.05) is 42.8 Å². The van der Waals surface area contributed by atoms with Crippen molar-refractivity contribution in [2.24, 2.45) is 7.05 Å². The van der Waals surface area contributed by atoms with Crippen LogP contribution in [0.1, 0.15) is 12.1 Å². The van der Waals surface area contributed by atoms with Crippen molar-refractivity contribution in [3.8, 4) is 0 Å². The summed E-state index contributed by atoms with van der Waals surface area (Å²) < 4.78 is 3.68. The number of amides is 1. The van der Waals surface area contributed by atoms with Crippen molar-refractivity contribution in [3.05, 3.63) is 42.5 Å². The predicted octanol–water partition coefficient (Wildman–Crippen LogP) is 2.11. The van der Waals surface area contributed by atoms with Gasteiger partial charge in [-0.25, -0.2) is 4.98 Å². The summed E-state index contributed by atoms with van der Waals surface area (Å²) in [5.74, 6) is -0.0242. The standard InChI is InChI=1S/C15H17N5O/c1-11-13(9-19(2)18-11)17-15(21)7-8-20-10-16-12-5-3-4-6-14(12)20/h3-6,9-10H,7-8H2,1-2H3,(H,17,21). The molecule has 0 radical (unpaired) electrons. The predicted molar refractivity (Wildman–Crippen MR) is 80.9 cm³/mol. The van der Waals surface area contributed by atoms with Gasteiger partial charge in [0.25, 0.3) is 0 Å². The summed E-state index contributed by atoms with van der Waals surface area (Å²) in [5.41, 5.74) is 3.57. The first kappa shape index (κ1) is 13.4. The Kier molecular flexibility index (Phi) is 3.43. The molecule has 3 rings (SSSR count). The summed E-state index contributed by atoms with van der Waals surface area (Å²) in [5, 5.41) is 7.09. The van der Waals surface area contributed by atoms with E-state index in [0.29, 0.717) is 13.0 Å². The summed E-state index contributed by atoms with van der Waals surface area (Å²) >= 11 is 0. The number of nitrogens with one attached hydrogen (secondary N) is 1. The number of fused-ring (bicyclic) bond motifs is 1. The number of benzene rings is 1. The molecule has 1 N–H and O–H groups in total. The molecular formula is C15H17N5O. The number of imidazole rings is 1. The van der Waals surface area contributed by atoms with Gasteiger partial charge in [0.2, 0.25) is 5.91 Å². The molecule has 108 valence electrons. The smallest absolute Gasteiger partial charge is 0.226 e. The molecule has 3 aromatic rings. The van der Waals surface area contributed by atoms with Gasteiger partial charge in [-0.15, -0.1) is 0 Å². The van der Waals surface area contributed by atoms with Gasteiger partial charge >= 0.3 is 0 Å². The molecule has 6 nitrogen and oxygen atoms in total. The number of aryl methyl sites for hydroxylation is 3. The molecule has 0 saturated carbocycles. The third kappa shape index (κ3) is 2.79. The van der Waals surface area contributed by atoms with Crippen LogP contribution < -0.4 is 5.32 Å². The molecule has 21 heavy (non-hydrogen) atoms. The fourth-order valence-corrected chi connectivity index (χ4v) is 2.35. The van der Waals surface area contributed by atoms with Crippen LogP contribution >= 0.6 is 0 Å². The van der Waals surface area contributed by atoms with Gasteiger partial charge in [-0.2, -0.15) is 5.10 Å².